The van der Waals surface area contributed by atoms with E-state index >= 15 is 0 Å². The van der Waals surface area contributed by atoms with E-state index in [9.17, 15) is 9.59 Å². The van der Waals surface area contributed by atoms with Gasteiger partial charge in [-0.15, -0.1) is 0 Å². The van der Waals surface area contributed by atoms with Crippen LogP contribution in [0.4, 0.5) is 11.4 Å². The Morgan fingerprint density at radius 3 is 1.68 bits per heavy atom. The summed E-state index contributed by atoms with van der Waals surface area (Å²) in [5, 5.41) is 0. The van der Waals surface area contributed by atoms with Gasteiger partial charge in [-0.1, -0.05) is 6.07 Å². The Morgan fingerprint density at radius 1 is 0.658 bits per heavy atom. The van der Waals surface area contributed by atoms with Gasteiger partial charge in [-0.25, -0.2) is 0 Å². The molecule has 38 heavy (non-hydrogen) atoms. The molecule has 196 valence electrons. The number of nitrogens with two attached hydrogens (primary N) is 2. The van der Waals surface area contributed by atoms with Crippen LogP contribution in [-0.2, 0) is 0 Å². The quantitative estimate of drug-likeness (QED) is 0.254. The number of carbonyl (C=O) groups excluding carboxylic acids is 2. The maximum absolute atomic E-state index is 11.8. The maximum atomic E-state index is 11.8. The number of anilines is 2. The molecule has 4 bridgehead atoms. The number of nitrogen functional groups attached to an aromatic ring is 2. The zero-order chi connectivity index (χ0) is 26.6. The molecule has 0 spiro atoms. The molecule has 0 aromatic heterocycles. The standard InChI is InChI=1S/C32H34N2O4/c1-17(35)21-3-7-29(27(33)14-21)37-25-5-6-26(32-23-10-19-9-20(12-23)13-24(32)11-19)31(16-25)38-30-8-4-22(18(2)36)15-28(30)34/h3-8,14-16,19-20,23-24,32H,9-13,33-34H2,1-2H3. The molecule has 0 aliphatic heterocycles. The van der Waals surface area contributed by atoms with Gasteiger partial charge in [0.25, 0.3) is 0 Å². The zero-order valence-corrected chi connectivity index (χ0v) is 21.9. The molecular weight excluding hydrogens is 476 g/mol. The minimum absolute atomic E-state index is 0.0405. The van der Waals surface area contributed by atoms with Crippen LogP contribution < -0.4 is 20.9 Å². The Morgan fingerprint density at radius 2 is 1.18 bits per heavy atom. The minimum atomic E-state index is -0.0488. The van der Waals surface area contributed by atoms with E-state index in [-0.39, 0.29) is 11.6 Å². The van der Waals surface area contributed by atoms with Crippen molar-refractivity contribution in [3.63, 3.8) is 0 Å². The fraction of sp³-hybridized carbons (Fsp3) is 0.375. The first-order chi connectivity index (χ1) is 18.2. The van der Waals surface area contributed by atoms with Crippen molar-refractivity contribution in [3.05, 3.63) is 71.3 Å². The van der Waals surface area contributed by atoms with Crippen molar-refractivity contribution in [1.82, 2.24) is 0 Å². The highest BCUT2D eigenvalue weighted by atomic mass is 16.5. The monoisotopic (exact) mass is 510 g/mol. The van der Waals surface area contributed by atoms with Crippen molar-refractivity contribution < 1.29 is 19.1 Å². The number of rotatable bonds is 7. The van der Waals surface area contributed by atoms with Crippen molar-refractivity contribution in [2.45, 2.75) is 51.9 Å². The van der Waals surface area contributed by atoms with Crippen LogP contribution in [0, 0.1) is 23.7 Å². The number of hydrogen-bond donors (Lipinski definition) is 2. The van der Waals surface area contributed by atoms with E-state index in [0.717, 1.165) is 17.6 Å². The molecule has 6 nitrogen and oxygen atoms in total. The van der Waals surface area contributed by atoms with Gasteiger partial charge in [-0.3, -0.25) is 9.59 Å². The predicted octanol–water partition coefficient (Wildman–Crippen LogP) is 7.38. The van der Waals surface area contributed by atoms with Gasteiger partial charge in [0, 0.05) is 17.2 Å². The van der Waals surface area contributed by atoms with Crippen LogP contribution in [-0.4, -0.2) is 11.6 Å². The van der Waals surface area contributed by atoms with Crippen LogP contribution in [0.3, 0.4) is 0 Å². The van der Waals surface area contributed by atoms with Crippen LogP contribution in [0.1, 0.15) is 78.1 Å². The largest absolute Gasteiger partial charge is 0.455 e. The van der Waals surface area contributed by atoms with Crippen molar-refractivity contribution in [2.75, 3.05) is 11.5 Å². The summed E-state index contributed by atoms with van der Waals surface area (Å²) < 4.78 is 12.7. The highest BCUT2D eigenvalue weighted by molar-refractivity contribution is 5.95. The summed E-state index contributed by atoms with van der Waals surface area (Å²) in [6.07, 6.45) is 6.58. The fourth-order valence-corrected chi connectivity index (χ4v) is 7.34. The SMILES string of the molecule is CC(=O)c1ccc(Oc2ccc(C3C4CC5CC(C4)CC3C5)c(Oc3ccc(C(C)=O)cc3N)c2)c(N)c1. The summed E-state index contributed by atoms with van der Waals surface area (Å²) in [5.74, 6) is 5.76. The minimum Gasteiger partial charge on any atom is -0.455 e. The van der Waals surface area contributed by atoms with Crippen LogP contribution in [0.25, 0.3) is 0 Å². The molecule has 0 saturated heterocycles. The summed E-state index contributed by atoms with van der Waals surface area (Å²) in [6.45, 7) is 3.03. The van der Waals surface area contributed by atoms with Gasteiger partial charge in [0.15, 0.2) is 11.6 Å². The van der Waals surface area contributed by atoms with E-state index in [1.165, 1.54) is 51.5 Å². The first-order valence-electron chi connectivity index (χ1n) is 13.6. The second-order valence-corrected chi connectivity index (χ2v) is 11.5. The first-order valence-corrected chi connectivity index (χ1v) is 13.6. The molecule has 4 aliphatic rings. The molecule has 4 saturated carbocycles. The summed E-state index contributed by atoms with van der Waals surface area (Å²) in [4.78, 5) is 23.6. The second kappa shape index (κ2) is 9.50. The molecule has 0 unspecified atom stereocenters. The van der Waals surface area contributed by atoms with Crippen LogP contribution in [0.15, 0.2) is 54.6 Å². The van der Waals surface area contributed by atoms with Crippen molar-refractivity contribution in [1.29, 1.82) is 0 Å². The summed E-state index contributed by atoms with van der Waals surface area (Å²) in [7, 11) is 0. The van der Waals surface area contributed by atoms with E-state index < -0.39 is 0 Å². The fourth-order valence-electron chi connectivity index (χ4n) is 7.34. The number of carbonyl (C=O) groups is 2. The van der Waals surface area contributed by atoms with E-state index in [4.69, 9.17) is 20.9 Å². The predicted molar refractivity (Wildman–Crippen MR) is 148 cm³/mol. The molecule has 4 aliphatic carbocycles. The molecule has 6 heteroatoms. The smallest absolute Gasteiger partial charge is 0.159 e. The Hall–Kier alpha value is -3.80. The van der Waals surface area contributed by atoms with E-state index in [2.05, 4.69) is 6.07 Å². The van der Waals surface area contributed by atoms with Crippen molar-refractivity contribution >= 4 is 22.9 Å². The van der Waals surface area contributed by atoms with Gasteiger partial charge in [-0.05, 0) is 124 Å². The third-order valence-electron chi connectivity index (χ3n) is 8.85. The lowest BCUT2D eigenvalue weighted by molar-refractivity contribution is -0.00336. The Bertz CT molecular complexity index is 1400. The number of ether oxygens (including phenoxy) is 2. The van der Waals surface area contributed by atoms with Crippen LogP contribution in [0.2, 0.25) is 0 Å². The molecule has 0 amide bonds. The lowest BCUT2D eigenvalue weighted by Crippen LogP contribution is -2.43. The highest BCUT2D eigenvalue weighted by Gasteiger charge is 2.49. The molecule has 4 fully saturated rings. The molecule has 0 radical (unpaired) electrons. The average Bonchev–Trinajstić information content (AvgIpc) is 2.86. The molecule has 0 heterocycles. The van der Waals surface area contributed by atoms with Crippen LogP contribution >= 0.6 is 0 Å². The number of Topliss-reactive ketones (excluding diaryl/α,β-unsaturated/α-hetero) is 2. The third kappa shape index (κ3) is 4.53. The molecular formula is C32H34N2O4. The Balaban J connectivity index is 1.36. The second-order valence-electron chi connectivity index (χ2n) is 11.5. The summed E-state index contributed by atoms with van der Waals surface area (Å²) in [6, 6.07) is 16.3. The lowest BCUT2D eigenvalue weighted by Gasteiger charge is -2.54. The number of benzene rings is 3. The molecule has 3 aromatic rings. The Kier molecular flexibility index (Phi) is 6.13. The third-order valence-corrected chi connectivity index (χ3v) is 8.85. The average molecular weight is 511 g/mol. The lowest BCUT2D eigenvalue weighted by atomic mass is 9.50. The first kappa shape index (κ1) is 24.5. The van der Waals surface area contributed by atoms with Gasteiger partial charge < -0.3 is 20.9 Å². The van der Waals surface area contributed by atoms with Gasteiger partial charge in [0.2, 0.25) is 0 Å². The molecule has 4 N–H and O–H groups in total. The van der Waals surface area contributed by atoms with Gasteiger partial charge in [0.1, 0.15) is 23.0 Å². The van der Waals surface area contributed by atoms with Crippen molar-refractivity contribution in [3.8, 4) is 23.0 Å². The summed E-state index contributed by atoms with van der Waals surface area (Å²) >= 11 is 0. The normalized spacial score (nSPS) is 25.3. The molecule has 3 aromatic carbocycles. The molecule has 7 rings (SSSR count). The van der Waals surface area contributed by atoms with Gasteiger partial charge in [-0.2, -0.15) is 0 Å². The van der Waals surface area contributed by atoms with E-state index in [0.29, 0.717) is 57.5 Å². The van der Waals surface area contributed by atoms with Crippen molar-refractivity contribution in [2.24, 2.45) is 23.7 Å². The summed E-state index contributed by atoms with van der Waals surface area (Å²) in [5.41, 5.74) is 15.6. The topological polar surface area (TPSA) is 105 Å². The highest BCUT2D eigenvalue weighted by Crippen LogP contribution is 2.61. The number of hydrogen-bond acceptors (Lipinski definition) is 6. The van der Waals surface area contributed by atoms with Gasteiger partial charge >= 0.3 is 0 Å². The maximum Gasteiger partial charge on any atom is 0.159 e. The van der Waals surface area contributed by atoms with Crippen LogP contribution in [0.5, 0.6) is 23.0 Å². The zero-order valence-electron chi connectivity index (χ0n) is 21.9. The van der Waals surface area contributed by atoms with E-state index in [1.807, 2.05) is 12.1 Å². The number of ketones is 2. The van der Waals surface area contributed by atoms with Gasteiger partial charge in [0.05, 0.1) is 11.4 Å². The van der Waals surface area contributed by atoms with E-state index in [1.54, 1.807) is 36.4 Å². The Labute approximate surface area is 223 Å². The molecule has 0 atom stereocenters.